The number of fused-ring (bicyclic) bond motifs is 1. The van der Waals surface area contributed by atoms with Crippen LogP contribution in [-0.2, 0) is 12.8 Å². The van der Waals surface area contributed by atoms with Crippen molar-refractivity contribution in [2.24, 2.45) is 5.92 Å². The van der Waals surface area contributed by atoms with Crippen LogP contribution in [0.4, 0.5) is 0 Å². The van der Waals surface area contributed by atoms with Crippen LogP contribution in [0.5, 0.6) is 0 Å². The molecule has 0 atom stereocenters. The molecule has 0 unspecified atom stereocenters. The van der Waals surface area contributed by atoms with Crippen LogP contribution in [0.25, 0.3) is 17.2 Å². The number of allylic oxidation sites excluding steroid dienone is 1. The quantitative estimate of drug-likeness (QED) is 0.510. The van der Waals surface area contributed by atoms with Gasteiger partial charge in [0.25, 0.3) is 0 Å². The average molecular weight is 371 g/mol. The second-order valence-electron chi connectivity index (χ2n) is 9.49. The molecule has 0 spiro atoms. The minimum atomic E-state index is 0.783. The number of benzene rings is 2. The van der Waals surface area contributed by atoms with Crippen LogP contribution in [0.15, 0.2) is 42.5 Å². The van der Waals surface area contributed by atoms with Crippen LogP contribution in [-0.4, -0.2) is 0 Å². The summed E-state index contributed by atoms with van der Waals surface area (Å²) in [6.45, 7) is 0. The molecule has 146 valence electrons. The molecule has 5 rings (SSSR count). The fourth-order valence-corrected chi connectivity index (χ4v) is 5.93. The van der Waals surface area contributed by atoms with Crippen molar-refractivity contribution in [3.05, 3.63) is 64.7 Å². The van der Waals surface area contributed by atoms with Crippen molar-refractivity contribution < 1.29 is 0 Å². The molecule has 3 aliphatic carbocycles. The van der Waals surface area contributed by atoms with Gasteiger partial charge in [0, 0.05) is 0 Å². The molecule has 3 aliphatic rings. The van der Waals surface area contributed by atoms with E-state index in [-0.39, 0.29) is 0 Å². The zero-order valence-corrected chi connectivity index (χ0v) is 17.3. The van der Waals surface area contributed by atoms with Gasteiger partial charge in [-0.25, -0.2) is 0 Å². The van der Waals surface area contributed by atoms with E-state index in [4.69, 9.17) is 0 Å². The van der Waals surface area contributed by atoms with E-state index in [9.17, 15) is 0 Å². The molecule has 0 heteroatoms. The third-order valence-corrected chi connectivity index (χ3v) is 7.47. The predicted octanol–water partition coefficient (Wildman–Crippen LogP) is 8.09. The van der Waals surface area contributed by atoms with E-state index in [1.807, 2.05) is 0 Å². The van der Waals surface area contributed by atoms with Crippen LogP contribution in [0, 0.1) is 5.92 Å². The summed E-state index contributed by atoms with van der Waals surface area (Å²) in [4.78, 5) is 0. The van der Waals surface area contributed by atoms with Gasteiger partial charge >= 0.3 is 0 Å². The third-order valence-electron chi connectivity index (χ3n) is 7.47. The lowest BCUT2D eigenvalue weighted by Crippen LogP contribution is -2.10. The van der Waals surface area contributed by atoms with E-state index >= 15 is 0 Å². The molecule has 0 bridgehead atoms. The summed E-state index contributed by atoms with van der Waals surface area (Å²) < 4.78 is 0. The molecule has 28 heavy (non-hydrogen) atoms. The summed E-state index contributed by atoms with van der Waals surface area (Å²) in [5, 5.41) is 0. The van der Waals surface area contributed by atoms with Crippen LogP contribution >= 0.6 is 0 Å². The van der Waals surface area contributed by atoms with Gasteiger partial charge in [-0.05, 0) is 70.9 Å². The molecular weight excluding hydrogens is 336 g/mol. The minimum absolute atomic E-state index is 0.783. The molecule has 0 N–H and O–H groups in total. The van der Waals surface area contributed by atoms with Gasteiger partial charge in [-0.3, -0.25) is 0 Å². The second kappa shape index (κ2) is 8.27. The zero-order valence-electron chi connectivity index (χ0n) is 17.3. The Hall–Kier alpha value is -1.82. The van der Waals surface area contributed by atoms with E-state index in [1.54, 1.807) is 11.1 Å². The van der Waals surface area contributed by atoms with Crippen LogP contribution < -0.4 is 0 Å². The van der Waals surface area contributed by atoms with Crippen LogP contribution in [0.1, 0.15) is 92.4 Å². The molecule has 2 aromatic rings. The van der Waals surface area contributed by atoms with Crippen molar-refractivity contribution >= 4 is 6.08 Å². The molecule has 0 saturated heterocycles. The Morgan fingerprint density at radius 1 is 0.786 bits per heavy atom. The standard InChI is InChI=1S/C28H34/c1-3-9-21(10-4-1)17-22-18-25(23-11-5-2-6-12-23)20-26(19-22)28-16-8-14-24-13-7-15-27(24)28/h7-8,14-16,18-21,23H,1-6,9-13,17H2. The van der Waals surface area contributed by atoms with E-state index in [2.05, 4.69) is 48.6 Å². The molecule has 0 aromatic heterocycles. The van der Waals surface area contributed by atoms with Gasteiger partial charge in [-0.2, -0.15) is 0 Å². The molecular formula is C28H34. The van der Waals surface area contributed by atoms with E-state index in [0.29, 0.717) is 0 Å². The van der Waals surface area contributed by atoms with Gasteiger partial charge in [0.15, 0.2) is 0 Å². The van der Waals surface area contributed by atoms with Crippen molar-refractivity contribution in [3.63, 3.8) is 0 Å². The Bertz CT molecular complexity index is 844. The predicted molar refractivity (Wildman–Crippen MR) is 121 cm³/mol. The highest BCUT2D eigenvalue weighted by Crippen LogP contribution is 2.38. The van der Waals surface area contributed by atoms with Gasteiger partial charge < -0.3 is 0 Å². The van der Waals surface area contributed by atoms with Gasteiger partial charge in [-0.1, -0.05) is 99.9 Å². The number of rotatable bonds is 4. The average Bonchev–Trinajstić information content (AvgIpc) is 3.24. The maximum absolute atomic E-state index is 2.59. The molecule has 2 fully saturated rings. The van der Waals surface area contributed by atoms with E-state index < -0.39 is 0 Å². The van der Waals surface area contributed by atoms with Crippen LogP contribution in [0.3, 0.4) is 0 Å². The highest BCUT2D eigenvalue weighted by atomic mass is 14.3. The Morgan fingerprint density at radius 3 is 2.39 bits per heavy atom. The summed E-state index contributed by atoms with van der Waals surface area (Å²) in [7, 11) is 0. The van der Waals surface area contributed by atoms with Crippen molar-refractivity contribution in [3.8, 4) is 11.1 Å². The lowest BCUT2D eigenvalue weighted by molar-refractivity contribution is 0.356. The lowest BCUT2D eigenvalue weighted by Gasteiger charge is -2.25. The maximum Gasteiger partial charge on any atom is -0.00879 e. The molecule has 0 radical (unpaired) electrons. The first-order valence-electron chi connectivity index (χ1n) is 11.8. The summed E-state index contributed by atoms with van der Waals surface area (Å²) in [5.41, 5.74) is 9.11. The van der Waals surface area contributed by atoms with Crippen molar-refractivity contribution in [1.29, 1.82) is 0 Å². The first-order chi connectivity index (χ1) is 13.9. The van der Waals surface area contributed by atoms with E-state index in [0.717, 1.165) is 18.3 Å². The highest BCUT2D eigenvalue weighted by molar-refractivity contribution is 5.80. The van der Waals surface area contributed by atoms with Gasteiger partial charge in [0.1, 0.15) is 0 Å². The zero-order chi connectivity index (χ0) is 18.8. The number of hydrogen-bond donors (Lipinski definition) is 0. The van der Waals surface area contributed by atoms with E-state index in [1.165, 1.54) is 92.9 Å². The fourth-order valence-electron chi connectivity index (χ4n) is 5.93. The third kappa shape index (κ3) is 3.84. The largest absolute Gasteiger partial charge is 0.0795 e. The Morgan fingerprint density at radius 2 is 1.57 bits per heavy atom. The van der Waals surface area contributed by atoms with Crippen molar-refractivity contribution in [1.82, 2.24) is 0 Å². The second-order valence-corrected chi connectivity index (χ2v) is 9.49. The molecule has 2 aromatic carbocycles. The Balaban J connectivity index is 1.53. The highest BCUT2D eigenvalue weighted by Gasteiger charge is 2.20. The first-order valence-corrected chi connectivity index (χ1v) is 11.8. The first kappa shape index (κ1) is 18.2. The van der Waals surface area contributed by atoms with Gasteiger partial charge in [0.05, 0.1) is 0 Å². The van der Waals surface area contributed by atoms with Crippen LogP contribution in [0.2, 0.25) is 0 Å². The summed E-state index contributed by atoms with van der Waals surface area (Å²) >= 11 is 0. The molecule has 0 aliphatic heterocycles. The van der Waals surface area contributed by atoms with Gasteiger partial charge in [0.2, 0.25) is 0 Å². The molecule has 2 saturated carbocycles. The SMILES string of the molecule is C1=Cc2c(cccc2-c2cc(CC3CCCCC3)cc(C3CCCCC3)c2)C1. The molecule has 0 heterocycles. The summed E-state index contributed by atoms with van der Waals surface area (Å²) in [5.74, 6) is 1.69. The normalized spacial score (nSPS) is 20.4. The topological polar surface area (TPSA) is 0 Å². The summed E-state index contributed by atoms with van der Waals surface area (Å²) in [6.07, 6.45) is 21.3. The molecule has 0 nitrogen and oxygen atoms in total. The van der Waals surface area contributed by atoms with Gasteiger partial charge in [-0.15, -0.1) is 0 Å². The summed E-state index contributed by atoms with van der Waals surface area (Å²) in [6, 6.07) is 14.6. The Labute approximate surface area is 171 Å². The monoisotopic (exact) mass is 370 g/mol. The smallest absolute Gasteiger partial charge is 0.00879 e. The van der Waals surface area contributed by atoms with Crippen molar-refractivity contribution in [2.75, 3.05) is 0 Å². The maximum atomic E-state index is 2.59. The lowest BCUT2D eigenvalue weighted by atomic mass is 9.80. The van der Waals surface area contributed by atoms with Crippen molar-refractivity contribution in [2.45, 2.75) is 83.0 Å². The Kier molecular flexibility index (Phi) is 5.39. The fraction of sp³-hybridized carbons (Fsp3) is 0.500. The number of hydrogen-bond acceptors (Lipinski definition) is 0. The minimum Gasteiger partial charge on any atom is -0.0795 e. The molecule has 0 amide bonds.